The lowest BCUT2D eigenvalue weighted by molar-refractivity contribution is -0.135. The quantitative estimate of drug-likeness (QED) is 0.0824. The van der Waals surface area contributed by atoms with Crippen LogP contribution in [0.3, 0.4) is 0 Å². The first-order chi connectivity index (χ1) is 26.9. The number of carbonyl (C=O) groups excluding carboxylic acids is 6. The first-order valence-electron chi connectivity index (χ1n) is 18.9. The lowest BCUT2D eigenvalue weighted by Gasteiger charge is -2.26. The van der Waals surface area contributed by atoms with E-state index in [1.807, 2.05) is 36.4 Å². The average molecular weight is 772 g/mol. The summed E-state index contributed by atoms with van der Waals surface area (Å²) in [7, 11) is 0. The number of benzene rings is 3. The number of aliphatic hydroxyl groups excluding tert-OH is 1. The molecule has 0 bridgehead atoms. The van der Waals surface area contributed by atoms with Gasteiger partial charge in [0.2, 0.25) is 11.8 Å². The average Bonchev–Trinajstić information content (AvgIpc) is 3.49. The third-order valence-corrected chi connectivity index (χ3v) is 9.73. The molecule has 3 atom stereocenters. The molecule has 0 spiro atoms. The van der Waals surface area contributed by atoms with Gasteiger partial charge in [0.15, 0.2) is 11.6 Å². The molecule has 0 aromatic heterocycles. The van der Waals surface area contributed by atoms with Gasteiger partial charge >= 0.3 is 12.1 Å². The Morgan fingerprint density at radius 2 is 1.41 bits per heavy atom. The zero-order valence-corrected chi connectivity index (χ0v) is 32.2. The van der Waals surface area contributed by atoms with Gasteiger partial charge in [-0.1, -0.05) is 86.6 Å². The lowest BCUT2D eigenvalue weighted by atomic mass is 9.87. The third-order valence-electron chi connectivity index (χ3n) is 9.73. The number of primary amides is 1. The van der Waals surface area contributed by atoms with Crippen molar-refractivity contribution in [1.82, 2.24) is 21.3 Å². The van der Waals surface area contributed by atoms with Crippen LogP contribution in [0.2, 0.25) is 0 Å². The number of hydrogen-bond donors (Lipinski definition) is 6. The molecule has 0 heterocycles. The zero-order valence-electron chi connectivity index (χ0n) is 32.2. The van der Waals surface area contributed by atoms with E-state index in [4.69, 9.17) is 15.2 Å². The van der Waals surface area contributed by atoms with E-state index in [9.17, 15) is 33.9 Å². The van der Waals surface area contributed by atoms with Gasteiger partial charge in [-0.05, 0) is 52.1 Å². The van der Waals surface area contributed by atoms with Gasteiger partial charge < -0.3 is 41.6 Å². The molecule has 7 N–H and O–H groups in total. The van der Waals surface area contributed by atoms with E-state index in [0.29, 0.717) is 17.5 Å². The van der Waals surface area contributed by atoms with Crippen molar-refractivity contribution in [2.45, 2.75) is 71.1 Å². The van der Waals surface area contributed by atoms with Crippen molar-refractivity contribution >= 4 is 35.5 Å². The minimum Gasteiger partial charge on any atom is -0.449 e. The van der Waals surface area contributed by atoms with Crippen LogP contribution in [0.5, 0.6) is 0 Å². The number of alkyl carbamates (subject to hydrolysis) is 1. The number of amides is 5. The Bertz CT molecular complexity index is 1790. The molecule has 3 aromatic rings. The number of fused-ring (bicyclic) bond motifs is 3. The minimum absolute atomic E-state index is 0.0171. The third kappa shape index (κ3) is 12.7. The smallest absolute Gasteiger partial charge is 0.407 e. The van der Waals surface area contributed by atoms with E-state index >= 15 is 0 Å². The first kappa shape index (κ1) is 43.1. The lowest BCUT2D eigenvalue weighted by Crippen LogP contribution is -2.48. The van der Waals surface area contributed by atoms with Crippen LogP contribution in [-0.4, -0.2) is 85.6 Å². The highest BCUT2D eigenvalue weighted by molar-refractivity contribution is 5.95. The normalized spacial score (nSPS) is 13.4. The molecule has 0 saturated carbocycles. The van der Waals surface area contributed by atoms with Gasteiger partial charge in [0, 0.05) is 44.7 Å². The largest absolute Gasteiger partial charge is 0.449 e. The van der Waals surface area contributed by atoms with Crippen LogP contribution < -0.4 is 27.0 Å². The molecule has 0 radical (unpaired) electrons. The molecule has 3 aromatic carbocycles. The zero-order chi connectivity index (χ0) is 40.6. The Balaban J connectivity index is 1.28. The molecule has 0 fully saturated rings. The molecule has 14 heteroatoms. The van der Waals surface area contributed by atoms with Gasteiger partial charge in [0.05, 0.1) is 25.9 Å². The second-order valence-electron chi connectivity index (χ2n) is 14.2. The van der Waals surface area contributed by atoms with Gasteiger partial charge in [-0.3, -0.25) is 19.2 Å². The number of nitrogens with two attached hydrogens (primary N) is 1. The number of Topliss-reactive ketones (excluding diaryl/α,β-unsaturated/α-hetero) is 2. The van der Waals surface area contributed by atoms with Crippen LogP contribution in [0, 0.1) is 11.8 Å². The Labute approximate surface area is 327 Å². The fourth-order valence-corrected chi connectivity index (χ4v) is 6.72. The number of aliphatic hydroxyl groups is 1. The Hall–Kier alpha value is -5.60. The summed E-state index contributed by atoms with van der Waals surface area (Å²) in [5, 5.41) is 19.9. The van der Waals surface area contributed by atoms with E-state index in [2.05, 4.69) is 33.4 Å². The topological polar surface area (TPSA) is 215 Å². The molecule has 0 aliphatic heterocycles. The maximum Gasteiger partial charge on any atom is 0.407 e. The molecule has 0 saturated heterocycles. The number of rotatable bonds is 22. The van der Waals surface area contributed by atoms with Crippen molar-refractivity contribution in [3.8, 4) is 11.1 Å². The number of hydrogen-bond acceptors (Lipinski definition) is 9. The fraction of sp³-hybridized carbons (Fsp3) is 0.429. The highest BCUT2D eigenvalue weighted by Crippen LogP contribution is 2.44. The number of ether oxygens (including phenoxy) is 2. The number of ketones is 2. The highest BCUT2D eigenvalue weighted by Gasteiger charge is 2.32. The predicted octanol–water partition coefficient (Wildman–Crippen LogP) is 3.52. The number of carbonyl (C=O) groups is 6. The summed E-state index contributed by atoms with van der Waals surface area (Å²) in [6.45, 7) is 4.98. The van der Waals surface area contributed by atoms with Crippen LogP contribution >= 0.6 is 0 Å². The van der Waals surface area contributed by atoms with Gasteiger partial charge in [0.1, 0.15) is 12.6 Å². The molecule has 1 aliphatic rings. The molecular formula is C42H53N5O9. The van der Waals surface area contributed by atoms with E-state index < -0.39 is 47.7 Å². The Morgan fingerprint density at radius 1 is 0.786 bits per heavy atom. The van der Waals surface area contributed by atoms with Gasteiger partial charge in [-0.25, -0.2) is 9.59 Å². The summed E-state index contributed by atoms with van der Waals surface area (Å²) in [6.07, 6.45) is -0.264. The first-order valence-corrected chi connectivity index (χ1v) is 18.9. The molecular weight excluding hydrogens is 718 g/mol. The molecule has 4 rings (SSSR count). The van der Waals surface area contributed by atoms with Crippen molar-refractivity contribution in [2.75, 3.05) is 32.9 Å². The Kier molecular flexibility index (Phi) is 16.5. The van der Waals surface area contributed by atoms with Crippen molar-refractivity contribution in [2.24, 2.45) is 17.6 Å². The minimum atomic E-state index is -1.06. The number of nitrogens with one attached hydrogen (secondary N) is 4. The molecule has 14 nitrogen and oxygen atoms in total. The summed E-state index contributed by atoms with van der Waals surface area (Å²) in [5.74, 6) is -2.89. The van der Waals surface area contributed by atoms with Crippen LogP contribution in [-0.2, 0) is 41.7 Å². The van der Waals surface area contributed by atoms with Crippen LogP contribution in [0.1, 0.15) is 68.2 Å². The van der Waals surface area contributed by atoms with Gasteiger partial charge in [-0.2, -0.15) is 0 Å². The second kappa shape index (κ2) is 21.5. The van der Waals surface area contributed by atoms with E-state index in [1.165, 1.54) is 6.92 Å². The van der Waals surface area contributed by atoms with E-state index in [1.54, 1.807) is 38.1 Å². The summed E-state index contributed by atoms with van der Waals surface area (Å²) in [6, 6.07) is 20.3. The fourth-order valence-electron chi connectivity index (χ4n) is 6.72. The van der Waals surface area contributed by atoms with E-state index in [-0.39, 0.29) is 76.4 Å². The van der Waals surface area contributed by atoms with Crippen molar-refractivity contribution in [3.05, 3.63) is 95.1 Å². The van der Waals surface area contributed by atoms with Crippen LogP contribution in [0.15, 0.2) is 72.8 Å². The monoisotopic (exact) mass is 771 g/mol. The maximum atomic E-state index is 13.7. The molecule has 56 heavy (non-hydrogen) atoms. The Morgan fingerprint density at radius 3 is 2.00 bits per heavy atom. The molecule has 1 aliphatic carbocycles. The molecule has 300 valence electrons. The number of urea groups is 1. The van der Waals surface area contributed by atoms with Gasteiger partial charge in [-0.15, -0.1) is 0 Å². The standard InChI is InChI=1S/C42H53N5O9/c1-26(2)34(40(52)47-36(13-8-18-44-41(43)53)38(50)21-28-14-16-29(23-48)17-15-28)22-39(51)37(46-27(3)49)25-55-20-19-45-42(54)56-24-35-32-11-6-4-9-30(32)31-10-5-7-12-33(31)35/h4-7,9-12,14-17,26,34-37,48H,8,13,18-25H2,1-3H3,(H,45,54)(H,46,49)(H,47,52)(H3,43,44,53)/t34-,36-,37-/m0/s1. The van der Waals surface area contributed by atoms with Gasteiger partial charge in [0.25, 0.3) is 0 Å². The summed E-state index contributed by atoms with van der Waals surface area (Å²) in [5.41, 5.74) is 11.0. The molecule has 5 amide bonds. The van der Waals surface area contributed by atoms with Crippen molar-refractivity contribution < 1.29 is 43.3 Å². The molecule has 0 unspecified atom stereocenters. The summed E-state index contributed by atoms with van der Waals surface area (Å²) >= 11 is 0. The predicted molar refractivity (Wildman–Crippen MR) is 209 cm³/mol. The second-order valence-corrected chi connectivity index (χ2v) is 14.2. The van der Waals surface area contributed by atoms with E-state index in [0.717, 1.165) is 22.3 Å². The van der Waals surface area contributed by atoms with Crippen LogP contribution in [0.4, 0.5) is 9.59 Å². The van der Waals surface area contributed by atoms with Crippen molar-refractivity contribution in [3.63, 3.8) is 0 Å². The maximum absolute atomic E-state index is 13.7. The highest BCUT2D eigenvalue weighted by atomic mass is 16.5. The summed E-state index contributed by atoms with van der Waals surface area (Å²) in [4.78, 5) is 76.4. The SMILES string of the molecule is CC(=O)N[C@@H](COCCNC(=O)OCC1c2ccccc2-c2ccccc21)C(=O)C[C@H](C(=O)N[C@@H](CCCNC(N)=O)C(=O)Cc1ccc(CO)cc1)C(C)C. The van der Waals surface area contributed by atoms with Crippen molar-refractivity contribution in [1.29, 1.82) is 0 Å². The van der Waals surface area contributed by atoms with Crippen LogP contribution in [0.25, 0.3) is 11.1 Å². The summed E-state index contributed by atoms with van der Waals surface area (Å²) < 4.78 is 11.2.